The first kappa shape index (κ1) is 17.7. The maximum absolute atomic E-state index is 12.9. The molecule has 4 nitrogen and oxygen atoms in total. The minimum absolute atomic E-state index is 0.00381. The second-order valence-electron chi connectivity index (χ2n) is 7.07. The number of fused-ring (bicyclic) bond motifs is 3. The number of benzene rings is 1. The number of anilines is 1. The first-order valence-corrected chi connectivity index (χ1v) is 10.7. The molecule has 0 bridgehead atoms. The second-order valence-corrected chi connectivity index (χ2v) is 9.01. The molecule has 0 amide bonds. The molecule has 2 aromatic heterocycles. The minimum atomic E-state index is -0.00381. The van der Waals surface area contributed by atoms with Crippen LogP contribution in [0.3, 0.4) is 0 Å². The Kier molecular flexibility index (Phi) is 4.88. The molecule has 4 rings (SSSR count). The van der Waals surface area contributed by atoms with Gasteiger partial charge >= 0.3 is 0 Å². The van der Waals surface area contributed by atoms with Gasteiger partial charge in [0.15, 0.2) is 0 Å². The fraction of sp³-hybridized carbons (Fsp3) is 0.400. The summed E-state index contributed by atoms with van der Waals surface area (Å²) >= 11 is 5.32. The molecule has 0 aliphatic heterocycles. The van der Waals surface area contributed by atoms with Crippen LogP contribution in [0.25, 0.3) is 21.6 Å². The maximum Gasteiger partial charge on any atom is 0.260 e. The van der Waals surface area contributed by atoms with E-state index in [1.54, 1.807) is 11.3 Å². The van der Waals surface area contributed by atoms with E-state index in [1.807, 2.05) is 37.2 Å². The van der Waals surface area contributed by atoms with Crippen LogP contribution >= 0.6 is 27.3 Å². The number of halogens is 1. The topological polar surface area (TPSA) is 49.0 Å². The Balaban J connectivity index is 1.83. The number of H-pyrrole nitrogens is 1. The summed E-state index contributed by atoms with van der Waals surface area (Å²) in [6.07, 6.45) is 7.00. The number of hydrogen-bond acceptors (Lipinski definition) is 4. The quantitative estimate of drug-likeness (QED) is 0.610. The smallest absolute Gasteiger partial charge is 0.260 e. The highest BCUT2D eigenvalue weighted by Gasteiger charge is 2.19. The number of nitrogens with one attached hydrogen (secondary N) is 1. The lowest BCUT2D eigenvalue weighted by Crippen LogP contribution is -2.11. The SMILES string of the molecule is CN(C)c1ccc(-c2nc3sc4c(c3c(=O)[nH]2)CCCCCC4)cc1Br. The van der Waals surface area contributed by atoms with Gasteiger partial charge in [-0.05, 0) is 65.4 Å². The molecule has 26 heavy (non-hydrogen) atoms. The monoisotopic (exact) mass is 431 g/mol. The van der Waals surface area contributed by atoms with E-state index >= 15 is 0 Å². The molecule has 0 saturated carbocycles. The van der Waals surface area contributed by atoms with Gasteiger partial charge in [-0.2, -0.15) is 0 Å². The molecule has 0 unspecified atom stereocenters. The number of hydrogen-bond donors (Lipinski definition) is 1. The third-order valence-electron chi connectivity index (χ3n) is 5.03. The van der Waals surface area contributed by atoms with E-state index in [2.05, 4.69) is 20.9 Å². The van der Waals surface area contributed by atoms with Crippen molar-refractivity contribution in [2.24, 2.45) is 0 Å². The molecule has 1 aromatic carbocycles. The molecule has 0 radical (unpaired) electrons. The molecule has 0 saturated heterocycles. The van der Waals surface area contributed by atoms with Crippen molar-refractivity contribution < 1.29 is 0 Å². The van der Waals surface area contributed by atoms with Crippen molar-refractivity contribution >= 4 is 43.2 Å². The van der Waals surface area contributed by atoms with Gasteiger partial charge in [0, 0.05) is 29.0 Å². The Hall–Kier alpha value is -1.66. The number of aromatic amines is 1. The van der Waals surface area contributed by atoms with Crippen LogP contribution in [0.5, 0.6) is 0 Å². The molecule has 136 valence electrons. The molecular formula is C20H22BrN3OS. The van der Waals surface area contributed by atoms with Crippen molar-refractivity contribution in [2.75, 3.05) is 19.0 Å². The van der Waals surface area contributed by atoms with Crippen LogP contribution < -0.4 is 10.5 Å². The van der Waals surface area contributed by atoms with Gasteiger partial charge in [0.25, 0.3) is 5.56 Å². The Bertz CT molecular complexity index is 1020. The van der Waals surface area contributed by atoms with E-state index in [9.17, 15) is 4.79 Å². The molecule has 0 atom stereocenters. The van der Waals surface area contributed by atoms with Crippen LogP contribution in [0.4, 0.5) is 5.69 Å². The van der Waals surface area contributed by atoms with Crippen LogP contribution in [0, 0.1) is 0 Å². The first-order valence-electron chi connectivity index (χ1n) is 9.06. The Labute approximate surface area is 165 Å². The number of aryl methyl sites for hydroxylation is 2. The zero-order chi connectivity index (χ0) is 18.3. The molecule has 0 fully saturated rings. The van der Waals surface area contributed by atoms with Crippen LogP contribution in [-0.2, 0) is 12.8 Å². The van der Waals surface area contributed by atoms with Crippen molar-refractivity contribution in [2.45, 2.75) is 38.5 Å². The fourth-order valence-electron chi connectivity index (χ4n) is 3.67. The molecule has 1 aliphatic carbocycles. The Morgan fingerprint density at radius 1 is 1.15 bits per heavy atom. The zero-order valence-electron chi connectivity index (χ0n) is 15.1. The number of rotatable bonds is 2. The third kappa shape index (κ3) is 3.21. The molecule has 2 heterocycles. The van der Waals surface area contributed by atoms with Crippen molar-refractivity contribution in [3.05, 3.63) is 43.5 Å². The normalized spacial score (nSPS) is 14.7. The second kappa shape index (κ2) is 7.16. The summed E-state index contributed by atoms with van der Waals surface area (Å²) in [5, 5.41) is 0.819. The molecule has 1 N–H and O–H groups in total. The fourth-order valence-corrected chi connectivity index (χ4v) is 5.67. The lowest BCUT2D eigenvalue weighted by molar-refractivity contribution is 0.623. The van der Waals surface area contributed by atoms with Crippen LogP contribution in [0.1, 0.15) is 36.1 Å². The van der Waals surface area contributed by atoms with Gasteiger partial charge in [-0.3, -0.25) is 4.79 Å². The summed E-state index contributed by atoms with van der Waals surface area (Å²) in [5.74, 6) is 0.641. The molecule has 0 spiro atoms. The predicted octanol–water partition coefficient (Wildman–Crippen LogP) is 5.14. The van der Waals surface area contributed by atoms with Gasteiger partial charge in [0.05, 0.1) is 11.1 Å². The summed E-state index contributed by atoms with van der Waals surface area (Å²) in [4.78, 5) is 25.0. The average Bonchev–Trinajstić information content (AvgIpc) is 2.91. The van der Waals surface area contributed by atoms with Gasteiger partial charge in [-0.1, -0.05) is 12.8 Å². The Morgan fingerprint density at radius 2 is 1.92 bits per heavy atom. The predicted molar refractivity (Wildman–Crippen MR) is 114 cm³/mol. The lowest BCUT2D eigenvalue weighted by Gasteiger charge is -2.15. The zero-order valence-corrected chi connectivity index (χ0v) is 17.5. The molecule has 3 aromatic rings. The summed E-state index contributed by atoms with van der Waals surface area (Å²) < 4.78 is 0.987. The summed E-state index contributed by atoms with van der Waals surface area (Å²) in [7, 11) is 4.01. The highest BCUT2D eigenvalue weighted by molar-refractivity contribution is 9.10. The van der Waals surface area contributed by atoms with Gasteiger partial charge in [0.1, 0.15) is 10.7 Å². The molecular weight excluding hydrogens is 410 g/mol. The van der Waals surface area contributed by atoms with Gasteiger partial charge in [-0.15, -0.1) is 11.3 Å². The van der Waals surface area contributed by atoms with E-state index in [0.717, 1.165) is 38.8 Å². The van der Waals surface area contributed by atoms with E-state index in [1.165, 1.54) is 36.1 Å². The molecule has 1 aliphatic rings. The van der Waals surface area contributed by atoms with Crippen LogP contribution in [-0.4, -0.2) is 24.1 Å². The van der Waals surface area contributed by atoms with Gasteiger partial charge in [-0.25, -0.2) is 4.98 Å². The largest absolute Gasteiger partial charge is 0.377 e. The minimum Gasteiger partial charge on any atom is -0.377 e. The van der Waals surface area contributed by atoms with E-state index < -0.39 is 0 Å². The summed E-state index contributed by atoms with van der Waals surface area (Å²) in [6.45, 7) is 0. The van der Waals surface area contributed by atoms with Gasteiger partial charge in [0.2, 0.25) is 0 Å². The summed E-state index contributed by atoms with van der Waals surface area (Å²) in [5.41, 5.74) is 3.25. The van der Waals surface area contributed by atoms with Gasteiger partial charge < -0.3 is 9.88 Å². The van der Waals surface area contributed by atoms with Crippen LogP contribution in [0.15, 0.2) is 27.5 Å². The summed E-state index contributed by atoms with van der Waals surface area (Å²) in [6, 6.07) is 6.06. The highest BCUT2D eigenvalue weighted by atomic mass is 79.9. The van der Waals surface area contributed by atoms with Crippen molar-refractivity contribution in [1.82, 2.24) is 9.97 Å². The van der Waals surface area contributed by atoms with E-state index in [-0.39, 0.29) is 5.56 Å². The Morgan fingerprint density at radius 3 is 2.65 bits per heavy atom. The average molecular weight is 432 g/mol. The lowest BCUT2D eigenvalue weighted by atomic mass is 9.98. The number of thiophene rings is 1. The van der Waals surface area contributed by atoms with Crippen molar-refractivity contribution in [3.8, 4) is 11.4 Å². The third-order valence-corrected chi connectivity index (χ3v) is 6.85. The van der Waals surface area contributed by atoms with Crippen molar-refractivity contribution in [1.29, 1.82) is 0 Å². The van der Waals surface area contributed by atoms with E-state index in [4.69, 9.17) is 4.98 Å². The first-order chi connectivity index (χ1) is 12.5. The molecule has 6 heteroatoms. The van der Waals surface area contributed by atoms with Crippen molar-refractivity contribution in [3.63, 3.8) is 0 Å². The standard InChI is InChI=1S/C20H22BrN3OS/c1-24(2)15-10-9-12(11-14(15)21)18-22-19(25)17-13-7-5-3-4-6-8-16(13)26-20(17)23-18/h9-11H,3-8H2,1-2H3,(H,22,23,25). The van der Waals surface area contributed by atoms with E-state index in [0.29, 0.717) is 5.82 Å². The number of nitrogens with zero attached hydrogens (tertiary/aromatic N) is 2. The highest BCUT2D eigenvalue weighted by Crippen LogP contribution is 2.34. The van der Waals surface area contributed by atoms with Crippen LogP contribution in [0.2, 0.25) is 0 Å². The number of aromatic nitrogens is 2. The maximum atomic E-state index is 12.9.